The Bertz CT molecular complexity index is 1300. The van der Waals surface area contributed by atoms with Gasteiger partial charge in [-0.05, 0) is 22.4 Å². The van der Waals surface area contributed by atoms with Gasteiger partial charge in [-0.1, -0.05) is 60.7 Å². The first kappa shape index (κ1) is 18.1. The second-order valence-electron chi connectivity index (χ2n) is 7.44. The molecule has 0 bridgehead atoms. The molecule has 1 atom stereocenters. The van der Waals surface area contributed by atoms with E-state index in [4.69, 9.17) is 0 Å². The van der Waals surface area contributed by atoms with Gasteiger partial charge < -0.3 is 10.3 Å². The molecule has 4 aromatic rings. The molecular weight excluding hydrogens is 378 g/mol. The van der Waals surface area contributed by atoms with E-state index in [0.717, 1.165) is 32.1 Å². The summed E-state index contributed by atoms with van der Waals surface area (Å²) in [5.74, 6) is -0.637. The number of urea groups is 1. The molecule has 30 heavy (non-hydrogen) atoms. The molecule has 0 aliphatic carbocycles. The monoisotopic (exact) mass is 397 g/mol. The van der Waals surface area contributed by atoms with E-state index >= 15 is 0 Å². The second-order valence-corrected chi connectivity index (χ2v) is 7.44. The van der Waals surface area contributed by atoms with Gasteiger partial charge in [-0.15, -0.1) is 0 Å². The van der Waals surface area contributed by atoms with Crippen LogP contribution < -0.4 is 5.32 Å². The second kappa shape index (κ2) is 7.15. The van der Waals surface area contributed by atoms with Crippen molar-refractivity contribution in [2.75, 3.05) is 6.54 Å². The number of amides is 3. The van der Waals surface area contributed by atoms with Crippen molar-refractivity contribution in [2.45, 2.75) is 12.5 Å². The molecular formula is C24H19N3O3. The van der Waals surface area contributed by atoms with E-state index in [0.29, 0.717) is 12.0 Å². The van der Waals surface area contributed by atoms with E-state index in [1.165, 1.54) is 0 Å². The van der Waals surface area contributed by atoms with E-state index < -0.39 is 12.1 Å². The highest BCUT2D eigenvalue weighted by molar-refractivity contribution is 6.13. The minimum atomic E-state index is -0.683. The van der Waals surface area contributed by atoms with Crippen molar-refractivity contribution < 1.29 is 14.4 Å². The van der Waals surface area contributed by atoms with Crippen LogP contribution >= 0.6 is 0 Å². The van der Waals surface area contributed by atoms with Crippen LogP contribution in [0.15, 0.2) is 72.9 Å². The third-order valence-electron chi connectivity index (χ3n) is 5.60. The van der Waals surface area contributed by atoms with Crippen LogP contribution in [0.2, 0.25) is 0 Å². The maximum absolute atomic E-state index is 12.9. The molecule has 1 aliphatic heterocycles. The maximum atomic E-state index is 12.9. The van der Waals surface area contributed by atoms with Crippen LogP contribution in [0.4, 0.5) is 4.79 Å². The molecule has 0 saturated carbocycles. The molecule has 2 N–H and O–H groups in total. The van der Waals surface area contributed by atoms with Crippen molar-refractivity contribution in [3.05, 3.63) is 84.1 Å². The maximum Gasteiger partial charge on any atom is 0.325 e. The summed E-state index contributed by atoms with van der Waals surface area (Å²) in [5, 5.41) is 5.50. The third-order valence-corrected chi connectivity index (χ3v) is 5.60. The van der Waals surface area contributed by atoms with Crippen molar-refractivity contribution >= 4 is 39.4 Å². The van der Waals surface area contributed by atoms with Gasteiger partial charge in [-0.25, -0.2) is 4.79 Å². The molecule has 0 radical (unpaired) electrons. The van der Waals surface area contributed by atoms with Crippen LogP contribution in [0.1, 0.15) is 15.9 Å². The highest BCUT2D eigenvalue weighted by atomic mass is 16.2. The van der Waals surface area contributed by atoms with E-state index in [1.54, 1.807) is 12.1 Å². The smallest absolute Gasteiger partial charge is 0.325 e. The average Bonchev–Trinajstić information content (AvgIpc) is 3.29. The molecule has 148 valence electrons. The van der Waals surface area contributed by atoms with Crippen LogP contribution in [0, 0.1) is 0 Å². The Morgan fingerprint density at radius 1 is 0.900 bits per heavy atom. The number of para-hydroxylation sites is 1. The fourth-order valence-electron chi connectivity index (χ4n) is 4.08. The molecule has 1 aliphatic rings. The summed E-state index contributed by atoms with van der Waals surface area (Å²) in [7, 11) is 0. The van der Waals surface area contributed by atoms with E-state index in [1.807, 2.05) is 60.8 Å². The fourth-order valence-corrected chi connectivity index (χ4v) is 4.08. The minimum Gasteiger partial charge on any atom is -0.361 e. The van der Waals surface area contributed by atoms with Crippen molar-refractivity contribution in [1.82, 2.24) is 15.2 Å². The van der Waals surface area contributed by atoms with E-state index in [9.17, 15) is 14.4 Å². The SMILES string of the molecule is O=C(CN1C(=O)N[C@@H](Cc2c[nH]c3ccccc23)C1=O)c1cccc2ccccc12. The zero-order chi connectivity index (χ0) is 20.7. The van der Waals surface area contributed by atoms with E-state index in [2.05, 4.69) is 10.3 Å². The lowest BCUT2D eigenvalue weighted by atomic mass is 10.0. The number of ketones is 1. The highest BCUT2D eigenvalue weighted by Gasteiger charge is 2.39. The van der Waals surface area contributed by atoms with Gasteiger partial charge >= 0.3 is 6.03 Å². The Kier molecular flexibility index (Phi) is 4.32. The summed E-state index contributed by atoms with van der Waals surface area (Å²) in [5.41, 5.74) is 2.44. The number of aromatic amines is 1. The van der Waals surface area contributed by atoms with Gasteiger partial charge in [0.1, 0.15) is 6.04 Å². The molecule has 2 heterocycles. The molecule has 5 rings (SSSR count). The van der Waals surface area contributed by atoms with Crippen LogP contribution in [-0.4, -0.2) is 40.2 Å². The zero-order valence-electron chi connectivity index (χ0n) is 16.1. The Morgan fingerprint density at radius 2 is 1.63 bits per heavy atom. The Balaban J connectivity index is 1.36. The molecule has 6 nitrogen and oxygen atoms in total. The minimum absolute atomic E-state index is 0.261. The lowest BCUT2D eigenvalue weighted by Crippen LogP contribution is -2.36. The van der Waals surface area contributed by atoms with Crippen molar-refractivity contribution in [3.8, 4) is 0 Å². The summed E-state index contributed by atoms with van der Waals surface area (Å²) in [6, 6.07) is 19.6. The largest absolute Gasteiger partial charge is 0.361 e. The Morgan fingerprint density at radius 3 is 2.50 bits per heavy atom. The number of hydrogen-bond donors (Lipinski definition) is 2. The summed E-state index contributed by atoms with van der Waals surface area (Å²) in [4.78, 5) is 42.5. The summed E-state index contributed by atoms with van der Waals surface area (Å²) < 4.78 is 0. The molecule has 3 aromatic carbocycles. The van der Waals surface area contributed by atoms with Crippen LogP contribution in [0.25, 0.3) is 21.7 Å². The van der Waals surface area contributed by atoms with Gasteiger partial charge in [0, 0.05) is 29.1 Å². The van der Waals surface area contributed by atoms with Gasteiger partial charge in [0.15, 0.2) is 5.78 Å². The number of aromatic nitrogens is 1. The van der Waals surface area contributed by atoms with E-state index in [-0.39, 0.29) is 18.2 Å². The predicted octanol–water partition coefficient (Wildman–Crippen LogP) is 3.67. The summed E-state index contributed by atoms with van der Waals surface area (Å²) in [6.45, 7) is -0.275. The molecule has 1 saturated heterocycles. The van der Waals surface area contributed by atoms with Crippen molar-refractivity contribution in [3.63, 3.8) is 0 Å². The van der Waals surface area contributed by atoms with Gasteiger partial charge in [0.05, 0.1) is 6.54 Å². The number of carbonyl (C=O) groups is 3. The Hall–Kier alpha value is -3.93. The Labute approximate surface area is 172 Å². The standard InChI is InChI=1S/C24H19N3O3/c28-22(19-10-5-7-15-6-1-2-8-17(15)19)14-27-23(29)21(26-24(27)30)12-16-13-25-20-11-4-3-9-18(16)20/h1-11,13,21,25H,12,14H2,(H,26,30)/t21-/m0/s1. The molecule has 3 amide bonds. The lowest BCUT2D eigenvalue weighted by Gasteiger charge is -2.13. The van der Waals surface area contributed by atoms with Gasteiger partial charge in [0.2, 0.25) is 0 Å². The van der Waals surface area contributed by atoms with Crippen LogP contribution in [0.5, 0.6) is 0 Å². The van der Waals surface area contributed by atoms with Crippen LogP contribution in [-0.2, 0) is 11.2 Å². The number of hydrogen-bond acceptors (Lipinski definition) is 3. The quantitative estimate of drug-likeness (QED) is 0.398. The number of benzene rings is 3. The number of Topliss-reactive ketones (excluding diaryl/α,β-unsaturated/α-hetero) is 1. The normalized spacial score (nSPS) is 16.4. The van der Waals surface area contributed by atoms with Crippen molar-refractivity contribution in [1.29, 1.82) is 0 Å². The van der Waals surface area contributed by atoms with Crippen molar-refractivity contribution in [2.24, 2.45) is 0 Å². The summed E-state index contributed by atoms with van der Waals surface area (Å²) in [6.07, 6.45) is 2.22. The van der Waals surface area contributed by atoms with Crippen LogP contribution in [0.3, 0.4) is 0 Å². The number of carbonyl (C=O) groups excluding carboxylic acids is 3. The summed E-state index contributed by atoms with van der Waals surface area (Å²) >= 11 is 0. The lowest BCUT2D eigenvalue weighted by molar-refractivity contribution is -0.127. The fraction of sp³-hybridized carbons (Fsp3) is 0.125. The number of imide groups is 1. The number of fused-ring (bicyclic) bond motifs is 2. The predicted molar refractivity (Wildman–Crippen MR) is 114 cm³/mol. The zero-order valence-corrected chi connectivity index (χ0v) is 16.1. The highest BCUT2D eigenvalue weighted by Crippen LogP contribution is 2.23. The van der Waals surface area contributed by atoms with Gasteiger partial charge in [-0.3, -0.25) is 14.5 Å². The first-order valence-corrected chi connectivity index (χ1v) is 9.79. The number of nitrogens with zero attached hydrogens (tertiary/aromatic N) is 1. The molecule has 1 fully saturated rings. The number of rotatable bonds is 5. The van der Waals surface area contributed by atoms with Gasteiger partial charge in [-0.2, -0.15) is 0 Å². The molecule has 0 unspecified atom stereocenters. The number of H-pyrrole nitrogens is 1. The average molecular weight is 397 g/mol. The number of nitrogens with one attached hydrogen (secondary N) is 2. The first-order chi connectivity index (χ1) is 14.6. The molecule has 1 aromatic heterocycles. The molecule has 6 heteroatoms. The molecule has 0 spiro atoms. The van der Waals surface area contributed by atoms with Gasteiger partial charge in [0.25, 0.3) is 5.91 Å². The first-order valence-electron chi connectivity index (χ1n) is 9.79. The third kappa shape index (κ3) is 3.03. The topological polar surface area (TPSA) is 82.3 Å².